The third-order valence-electron chi connectivity index (χ3n) is 2.58. The smallest absolute Gasteiger partial charge is 0.269 e. The third kappa shape index (κ3) is 3.19. The summed E-state index contributed by atoms with van der Waals surface area (Å²) in [6.07, 6.45) is 1.40. The number of nitrogens with one attached hydrogen (secondary N) is 1. The second kappa shape index (κ2) is 5.96. The van der Waals surface area contributed by atoms with Crippen molar-refractivity contribution in [1.82, 2.24) is 9.97 Å². The second-order valence-corrected chi connectivity index (χ2v) is 4.08. The lowest BCUT2D eigenvalue weighted by molar-refractivity contribution is -0.384. The number of non-ortho nitro benzene ring substituents is 1. The number of anilines is 1. The van der Waals surface area contributed by atoms with Gasteiger partial charge in [-0.25, -0.2) is 9.97 Å². The Hall–Kier alpha value is -2.70. The molecule has 0 atom stereocenters. The van der Waals surface area contributed by atoms with Crippen LogP contribution >= 0.6 is 0 Å². The topological polar surface area (TPSA) is 90.2 Å². The Balaban J connectivity index is 2.21. The van der Waals surface area contributed by atoms with E-state index in [4.69, 9.17) is 4.74 Å². The number of rotatable bonds is 5. The highest BCUT2D eigenvalue weighted by Gasteiger charge is 2.10. The van der Waals surface area contributed by atoms with E-state index >= 15 is 0 Å². The molecule has 0 unspecified atom stereocenters. The van der Waals surface area contributed by atoms with Gasteiger partial charge in [0.25, 0.3) is 5.69 Å². The van der Waals surface area contributed by atoms with Gasteiger partial charge in [-0.1, -0.05) is 0 Å². The second-order valence-electron chi connectivity index (χ2n) is 4.08. The van der Waals surface area contributed by atoms with Gasteiger partial charge in [0.15, 0.2) is 0 Å². The summed E-state index contributed by atoms with van der Waals surface area (Å²) in [5.74, 6) is 1.57. The summed E-state index contributed by atoms with van der Waals surface area (Å²) in [6.45, 7) is 4.45. The lowest BCUT2D eigenvalue weighted by Gasteiger charge is -2.08. The first-order chi connectivity index (χ1) is 9.60. The molecule has 2 aromatic rings. The van der Waals surface area contributed by atoms with Crippen molar-refractivity contribution in [1.29, 1.82) is 0 Å². The molecule has 0 bridgehead atoms. The Kier molecular flexibility index (Phi) is 4.09. The summed E-state index contributed by atoms with van der Waals surface area (Å²) in [4.78, 5) is 18.3. The number of aromatic nitrogens is 2. The van der Waals surface area contributed by atoms with Gasteiger partial charge in [-0.15, -0.1) is 0 Å². The fourth-order valence-electron chi connectivity index (χ4n) is 1.65. The predicted octanol–water partition coefficient (Wildman–Crippen LogP) is 2.92. The summed E-state index contributed by atoms with van der Waals surface area (Å²) >= 11 is 0. The number of ether oxygens (including phenoxy) is 1. The van der Waals surface area contributed by atoms with Gasteiger partial charge in [0, 0.05) is 24.7 Å². The van der Waals surface area contributed by atoms with Crippen LogP contribution in [0, 0.1) is 17.0 Å². The van der Waals surface area contributed by atoms with Gasteiger partial charge in [-0.2, -0.15) is 0 Å². The zero-order valence-electron chi connectivity index (χ0n) is 11.2. The van der Waals surface area contributed by atoms with Crippen molar-refractivity contribution in [3.8, 4) is 11.6 Å². The number of nitrogens with zero attached hydrogens (tertiary/aromatic N) is 3. The van der Waals surface area contributed by atoms with Crippen molar-refractivity contribution in [2.45, 2.75) is 13.8 Å². The summed E-state index contributed by atoms with van der Waals surface area (Å²) in [6, 6.07) is 6.09. The minimum Gasteiger partial charge on any atom is -0.439 e. The number of aryl methyl sites for hydroxylation is 1. The standard InChI is InChI=1S/C13H14N4O3/c1-3-14-12-7-13(16-8-15-12)20-11-5-4-10(17(18)19)6-9(11)2/h4-8H,3H2,1-2H3,(H,14,15,16). The van der Waals surface area contributed by atoms with Gasteiger partial charge >= 0.3 is 0 Å². The van der Waals surface area contributed by atoms with Crippen LogP contribution in [0.3, 0.4) is 0 Å². The van der Waals surface area contributed by atoms with Gasteiger partial charge in [-0.05, 0) is 25.5 Å². The molecular weight excluding hydrogens is 260 g/mol. The molecule has 0 radical (unpaired) electrons. The molecule has 0 aliphatic carbocycles. The van der Waals surface area contributed by atoms with E-state index in [-0.39, 0.29) is 5.69 Å². The van der Waals surface area contributed by atoms with Gasteiger partial charge in [0.05, 0.1) is 4.92 Å². The maximum absolute atomic E-state index is 10.7. The van der Waals surface area contributed by atoms with Crippen molar-refractivity contribution in [3.05, 3.63) is 46.3 Å². The van der Waals surface area contributed by atoms with E-state index in [2.05, 4.69) is 15.3 Å². The van der Waals surface area contributed by atoms with E-state index in [1.54, 1.807) is 19.1 Å². The Labute approximate surface area is 115 Å². The fraction of sp³-hybridized carbons (Fsp3) is 0.231. The molecule has 0 saturated carbocycles. The first-order valence-electron chi connectivity index (χ1n) is 6.09. The zero-order valence-corrected chi connectivity index (χ0v) is 11.2. The van der Waals surface area contributed by atoms with E-state index in [1.165, 1.54) is 18.5 Å². The molecule has 0 fully saturated rings. The van der Waals surface area contributed by atoms with Crippen LogP contribution in [0.4, 0.5) is 11.5 Å². The van der Waals surface area contributed by atoms with E-state index < -0.39 is 4.92 Å². The maximum atomic E-state index is 10.7. The van der Waals surface area contributed by atoms with Crippen LogP contribution in [0.1, 0.15) is 12.5 Å². The molecule has 1 aromatic heterocycles. The van der Waals surface area contributed by atoms with E-state index in [0.29, 0.717) is 23.0 Å². The normalized spacial score (nSPS) is 10.1. The van der Waals surface area contributed by atoms with Crippen molar-refractivity contribution in [3.63, 3.8) is 0 Å². The SMILES string of the molecule is CCNc1cc(Oc2ccc([N+](=O)[O-])cc2C)ncn1. The van der Waals surface area contributed by atoms with E-state index in [1.807, 2.05) is 6.92 Å². The Bertz CT molecular complexity index is 631. The summed E-state index contributed by atoms with van der Waals surface area (Å²) in [5, 5.41) is 13.7. The number of benzene rings is 1. The monoisotopic (exact) mass is 274 g/mol. The number of nitro benzene ring substituents is 1. The van der Waals surface area contributed by atoms with Crippen LogP contribution in [0.15, 0.2) is 30.6 Å². The molecule has 20 heavy (non-hydrogen) atoms. The zero-order chi connectivity index (χ0) is 14.5. The minimum absolute atomic E-state index is 0.0332. The van der Waals surface area contributed by atoms with Gasteiger partial charge in [0.1, 0.15) is 17.9 Å². The van der Waals surface area contributed by atoms with Crippen molar-refractivity contribution < 1.29 is 9.66 Å². The molecule has 7 heteroatoms. The first-order valence-corrected chi connectivity index (χ1v) is 6.09. The molecule has 1 heterocycles. The molecule has 0 aliphatic rings. The quantitative estimate of drug-likeness (QED) is 0.666. The van der Waals surface area contributed by atoms with Crippen LogP contribution in [0.2, 0.25) is 0 Å². The van der Waals surface area contributed by atoms with E-state index in [9.17, 15) is 10.1 Å². The number of hydrogen-bond donors (Lipinski definition) is 1. The predicted molar refractivity (Wildman–Crippen MR) is 74.1 cm³/mol. The summed E-state index contributed by atoms with van der Waals surface area (Å²) < 4.78 is 5.62. The minimum atomic E-state index is -0.440. The highest BCUT2D eigenvalue weighted by atomic mass is 16.6. The molecule has 1 aromatic carbocycles. The number of hydrogen-bond acceptors (Lipinski definition) is 6. The lowest BCUT2D eigenvalue weighted by Crippen LogP contribution is -2.00. The van der Waals surface area contributed by atoms with Crippen molar-refractivity contribution >= 4 is 11.5 Å². The van der Waals surface area contributed by atoms with E-state index in [0.717, 1.165) is 6.54 Å². The Morgan fingerprint density at radius 2 is 2.15 bits per heavy atom. The van der Waals surface area contributed by atoms with Crippen LogP contribution in [0.5, 0.6) is 11.6 Å². The van der Waals surface area contributed by atoms with Gasteiger partial charge < -0.3 is 10.1 Å². The highest BCUT2D eigenvalue weighted by molar-refractivity contribution is 5.45. The van der Waals surface area contributed by atoms with Crippen LogP contribution in [-0.2, 0) is 0 Å². The Morgan fingerprint density at radius 3 is 2.80 bits per heavy atom. The summed E-state index contributed by atoms with van der Waals surface area (Å²) in [7, 11) is 0. The van der Waals surface area contributed by atoms with Crippen molar-refractivity contribution in [2.24, 2.45) is 0 Å². The highest BCUT2D eigenvalue weighted by Crippen LogP contribution is 2.27. The van der Waals surface area contributed by atoms with Crippen LogP contribution in [-0.4, -0.2) is 21.4 Å². The van der Waals surface area contributed by atoms with Crippen LogP contribution in [0.25, 0.3) is 0 Å². The largest absolute Gasteiger partial charge is 0.439 e. The Morgan fingerprint density at radius 1 is 1.35 bits per heavy atom. The average molecular weight is 274 g/mol. The average Bonchev–Trinajstić information content (AvgIpc) is 2.42. The molecule has 0 aliphatic heterocycles. The van der Waals surface area contributed by atoms with Crippen LogP contribution < -0.4 is 10.1 Å². The lowest BCUT2D eigenvalue weighted by atomic mass is 10.2. The molecule has 0 saturated heterocycles. The third-order valence-corrected chi connectivity index (χ3v) is 2.58. The molecule has 7 nitrogen and oxygen atoms in total. The molecule has 2 rings (SSSR count). The van der Waals surface area contributed by atoms with Crippen molar-refractivity contribution in [2.75, 3.05) is 11.9 Å². The number of nitro groups is 1. The summed E-state index contributed by atoms with van der Waals surface area (Å²) in [5.41, 5.74) is 0.702. The fourth-order valence-corrected chi connectivity index (χ4v) is 1.65. The molecule has 0 spiro atoms. The molecule has 1 N–H and O–H groups in total. The van der Waals surface area contributed by atoms with Gasteiger partial charge in [-0.3, -0.25) is 10.1 Å². The molecule has 0 amide bonds. The maximum Gasteiger partial charge on any atom is 0.269 e. The van der Waals surface area contributed by atoms with Gasteiger partial charge in [0.2, 0.25) is 5.88 Å². The first kappa shape index (κ1) is 13.7. The molecule has 104 valence electrons. The molecular formula is C13H14N4O3.